The highest BCUT2D eigenvalue weighted by Gasteiger charge is 2.43. The van der Waals surface area contributed by atoms with Crippen molar-refractivity contribution in [3.8, 4) is 5.75 Å². The van der Waals surface area contributed by atoms with Gasteiger partial charge in [-0.25, -0.2) is 14.4 Å². The van der Waals surface area contributed by atoms with Crippen molar-refractivity contribution < 1.29 is 13.9 Å². The molecule has 8 heteroatoms. The fourth-order valence-electron chi connectivity index (χ4n) is 5.66. The van der Waals surface area contributed by atoms with Crippen LogP contribution in [0.2, 0.25) is 5.02 Å². The van der Waals surface area contributed by atoms with Crippen LogP contribution in [0.1, 0.15) is 51.5 Å². The molecule has 2 atom stereocenters. The second-order valence-electron chi connectivity index (χ2n) is 10.9. The van der Waals surface area contributed by atoms with Crippen molar-refractivity contribution in [1.29, 1.82) is 0 Å². The van der Waals surface area contributed by atoms with Gasteiger partial charge in [0.2, 0.25) is 11.9 Å². The van der Waals surface area contributed by atoms with E-state index in [1.54, 1.807) is 24.5 Å². The van der Waals surface area contributed by atoms with E-state index in [-0.39, 0.29) is 23.7 Å². The van der Waals surface area contributed by atoms with Gasteiger partial charge in [0.15, 0.2) is 0 Å². The van der Waals surface area contributed by atoms with E-state index in [0.717, 1.165) is 63.1 Å². The number of carbonyl (C=O) groups is 1. The Hall–Kier alpha value is -2.41. The smallest absolute Gasteiger partial charge is 0.227 e. The lowest BCUT2D eigenvalue weighted by molar-refractivity contribution is -0.143. The summed E-state index contributed by atoms with van der Waals surface area (Å²) in [7, 11) is 0. The quantitative estimate of drug-likeness (QED) is 0.502. The molecule has 1 aromatic heterocycles. The molecular weight excluding hydrogens is 467 g/mol. The molecule has 0 radical (unpaired) electrons. The SMILES string of the molecule is CC1(C)CCN1C(=O)Cc1ccc(OCCC2CC2C2CCN(c3ncc(Cl)cn3)CC2)cc1F. The molecule has 2 aromatic rings. The molecule has 2 aliphatic heterocycles. The molecule has 2 saturated heterocycles. The zero-order chi connectivity index (χ0) is 24.6. The number of benzene rings is 1. The predicted octanol–water partition coefficient (Wildman–Crippen LogP) is 5.14. The molecule has 3 aliphatic rings. The third-order valence-electron chi connectivity index (χ3n) is 8.11. The molecule has 1 aromatic carbocycles. The van der Waals surface area contributed by atoms with Crippen LogP contribution >= 0.6 is 11.6 Å². The van der Waals surface area contributed by atoms with Gasteiger partial charge in [0.1, 0.15) is 11.6 Å². The van der Waals surface area contributed by atoms with Gasteiger partial charge in [0.25, 0.3) is 0 Å². The average molecular weight is 501 g/mol. The monoisotopic (exact) mass is 500 g/mol. The second kappa shape index (κ2) is 9.92. The summed E-state index contributed by atoms with van der Waals surface area (Å²) >= 11 is 5.89. The molecule has 3 fully saturated rings. The summed E-state index contributed by atoms with van der Waals surface area (Å²) in [6.45, 7) is 7.41. The standard InChI is InChI=1S/C27H34ClFN4O2/c1-27(2)8-11-33(27)25(34)14-20-3-4-22(15-24(20)29)35-12-7-19-13-23(19)18-5-9-32(10-6-18)26-30-16-21(28)17-31-26/h3-4,15-19,23H,5-14H2,1-2H3. The van der Waals surface area contributed by atoms with Gasteiger partial charge in [-0.2, -0.15) is 0 Å². The molecule has 1 saturated carbocycles. The number of nitrogens with zero attached hydrogens (tertiary/aromatic N) is 4. The predicted molar refractivity (Wildman–Crippen MR) is 134 cm³/mol. The van der Waals surface area contributed by atoms with Crippen molar-refractivity contribution in [3.05, 3.63) is 47.0 Å². The first-order chi connectivity index (χ1) is 16.8. The van der Waals surface area contributed by atoms with Crippen molar-refractivity contribution in [2.75, 3.05) is 31.1 Å². The van der Waals surface area contributed by atoms with Crippen LogP contribution in [0, 0.1) is 23.6 Å². The van der Waals surface area contributed by atoms with Gasteiger partial charge in [-0.3, -0.25) is 4.79 Å². The molecular formula is C27H34ClFN4O2. The largest absolute Gasteiger partial charge is 0.493 e. The Bertz CT molecular complexity index is 1060. The summed E-state index contributed by atoms with van der Waals surface area (Å²) in [4.78, 5) is 25.2. The van der Waals surface area contributed by atoms with Crippen LogP contribution in [0.3, 0.4) is 0 Å². The number of anilines is 1. The van der Waals surface area contributed by atoms with Gasteiger partial charge in [0.05, 0.1) is 30.4 Å². The number of halogens is 2. The third-order valence-corrected chi connectivity index (χ3v) is 8.31. The van der Waals surface area contributed by atoms with Crippen LogP contribution < -0.4 is 9.64 Å². The van der Waals surface area contributed by atoms with E-state index in [9.17, 15) is 9.18 Å². The number of rotatable bonds is 8. The van der Waals surface area contributed by atoms with Gasteiger partial charge < -0.3 is 14.5 Å². The molecule has 1 aliphatic carbocycles. The molecule has 0 spiro atoms. The van der Waals surface area contributed by atoms with Crippen LogP contribution in [0.25, 0.3) is 0 Å². The van der Waals surface area contributed by atoms with Gasteiger partial charge in [-0.15, -0.1) is 0 Å². The highest BCUT2D eigenvalue weighted by molar-refractivity contribution is 6.30. The number of piperidine rings is 1. The first kappa shape index (κ1) is 24.3. The van der Waals surface area contributed by atoms with Crippen LogP contribution in [0.4, 0.5) is 10.3 Å². The molecule has 6 nitrogen and oxygen atoms in total. The van der Waals surface area contributed by atoms with E-state index in [1.165, 1.54) is 12.5 Å². The number of aromatic nitrogens is 2. The van der Waals surface area contributed by atoms with E-state index in [0.29, 0.717) is 28.9 Å². The minimum Gasteiger partial charge on any atom is -0.493 e. The van der Waals surface area contributed by atoms with Crippen LogP contribution in [-0.4, -0.2) is 52.6 Å². The lowest BCUT2D eigenvalue weighted by Gasteiger charge is -2.48. The van der Waals surface area contributed by atoms with Gasteiger partial charge in [-0.05, 0) is 75.3 Å². The first-order valence-electron chi connectivity index (χ1n) is 12.7. The van der Waals surface area contributed by atoms with Crippen molar-refractivity contribution in [1.82, 2.24) is 14.9 Å². The molecule has 3 heterocycles. The normalized spacial score (nSPS) is 23.7. The number of amides is 1. The van der Waals surface area contributed by atoms with Gasteiger partial charge in [0, 0.05) is 31.2 Å². The Labute approximate surface area is 211 Å². The maximum atomic E-state index is 14.6. The van der Waals surface area contributed by atoms with E-state index in [1.807, 2.05) is 18.7 Å². The Morgan fingerprint density at radius 1 is 1.20 bits per heavy atom. The van der Waals surface area contributed by atoms with E-state index in [4.69, 9.17) is 16.3 Å². The lowest BCUT2D eigenvalue weighted by Crippen LogP contribution is -2.58. The summed E-state index contributed by atoms with van der Waals surface area (Å²) in [6, 6.07) is 4.89. The lowest BCUT2D eigenvalue weighted by atomic mass is 9.88. The maximum absolute atomic E-state index is 14.6. The topological polar surface area (TPSA) is 58.6 Å². The fraction of sp³-hybridized carbons (Fsp3) is 0.593. The van der Waals surface area contributed by atoms with Gasteiger partial charge >= 0.3 is 0 Å². The van der Waals surface area contributed by atoms with E-state index in [2.05, 4.69) is 14.9 Å². The Kier molecular flexibility index (Phi) is 6.88. The number of ether oxygens (including phenoxy) is 1. The number of hydrogen-bond donors (Lipinski definition) is 0. The van der Waals surface area contributed by atoms with Gasteiger partial charge in [-0.1, -0.05) is 17.7 Å². The number of likely N-dealkylation sites (tertiary alicyclic amines) is 1. The molecule has 2 unspecified atom stereocenters. The zero-order valence-corrected chi connectivity index (χ0v) is 21.3. The maximum Gasteiger partial charge on any atom is 0.227 e. The molecule has 35 heavy (non-hydrogen) atoms. The summed E-state index contributed by atoms with van der Waals surface area (Å²) in [6.07, 6.45) is 8.97. The van der Waals surface area contributed by atoms with Crippen molar-refractivity contribution in [3.63, 3.8) is 0 Å². The van der Waals surface area contributed by atoms with Crippen LogP contribution in [0.15, 0.2) is 30.6 Å². The molecule has 188 valence electrons. The highest BCUT2D eigenvalue weighted by atomic mass is 35.5. The third kappa shape index (κ3) is 5.55. The molecule has 1 amide bonds. The van der Waals surface area contributed by atoms with E-state index < -0.39 is 0 Å². The first-order valence-corrected chi connectivity index (χ1v) is 13.1. The zero-order valence-electron chi connectivity index (χ0n) is 20.6. The fourth-order valence-corrected chi connectivity index (χ4v) is 5.76. The minimum atomic E-state index is -0.366. The molecule has 0 N–H and O–H groups in total. The summed E-state index contributed by atoms with van der Waals surface area (Å²) in [5, 5.41) is 0.562. The summed E-state index contributed by atoms with van der Waals surface area (Å²) in [5.74, 6) is 3.13. The molecule has 5 rings (SSSR count). The van der Waals surface area contributed by atoms with E-state index >= 15 is 0 Å². The average Bonchev–Trinajstić information content (AvgIpc) is 3.60. The number of hydrogen-bond acceptors (Lipinski definition) is 5. The minimum absolute atomic E-state index is 0.0138. The summed E-state index contributed by atoms with van der Waals surface area (Å²) in [5.41, 5.74) is 0.321. The molecule has 0 bridgehead atoms. The van der Waals surface area contributed by atoms with Crippen LogP contribution in [-0.2, 0) is 11.2 Å². The van der Waals surface area contributed by atoms with Crippen molar-refractivity contribution in [2.24, 2.45) is 17.8 Å². The highest BCUT2D eigenvalue weighted by Crippen LogP contribution is 2.49. The van der Waals surface area contributed by atoms with Crippen molar-refractivity contribution >= 4 is 23.5 Å². The van der Waals surface area contributed by atoms with Crippen molar-refractivity contribution in [2.45, 2.75) is 57.9 Å². The second-order valence-corrected chi connectivity index (χ2v) is 11.3. The summed E-state index contributed by atoms with van der Waals surface area (Å²) < 4.78 is 20.5. The Balaban J connectivity index is 1.03. The Morgan fingerprint density at radius 3 is 2.57 bits per heavy atom. The number of carbonyl (C=O) groups excluding carboxylic acids is 1. The van der Waals surface area contributed by atoms with Crippen LogP contribution in [0.5, 0.6) is 5.75 Å². The Morgan fingerprint density at radius 2 is 1.94 bits per heavy atom.